The molecular formula is C37H40O10. The van der Waals surface area contributed by atoms with E-state index in [4.69, 9.17) is 28.4 Å². The largest absolute Gasteiger partial charge is 0.490 e. The van der Waals surface area contributed by atoms with Crippen molar-refractivity contribution in [1.29, 1.82) is 0 Å². The van der Waals surface area contributed by atoms with E-state index in [1.54, 1.807) is 42.5 Å². The van der Waals surface area contributed by atoms with Crippen molar-refractivity contribution in [2.45, 2.75) is 45.8 Å². The lowest BCUT2D eigenvalue weighted by Gasteiger charge is -2.19. The van der Waals surface area contributed by atoms with Gasteiger partial charge in [-0.15, -0.1) is 0 Å². The van der Waals surface area contributed by atoms with Gasteiger partial charge in [-0.05, 0) is 61.7 Å². The molecule has 0 fully saturated rings. The number of aryl methyl sites for hydroxylation is 3. The van der Waals surface area contributed by atoms with E-state index in [1.807, 2.05) is 45.0 Å². The molecular weight excluding hydrogens is 604 g/mol. The third kappa shape index (κ3) is 13.2. The lowest BCUT2D eigenvalue weighted by atomic mass is 10.0. The molecule has 0 heterocycles. The first kappa shape index (κ1) is 36.1. The molecule has 2 atom stereocenters. The molecule has 0 saturated heterocycles. The smallest absolute Gasteiger partial charge is 0.330 e. The van der Waals surface area contributed by atoms with Gasteiger partial charge in [-0.25, -0.2) is 9.59 Å². The van der Waals surface area contributed by atoms with Gasteiger partial charge in [-0.3, -0.25) is 9.59 Å². The van der Waals surface area contributed by atoms with Crippen LogP contribution in [0.15, 0.2) is 92.0 Å². The molecule has 248 valence electrons. The Bertz CT molecular complexity index is 1530. The van der Waals surface area contributed by atoms with E-state index in [0.717, 1.165) is 28.8 Å². The molecule has 0 radical (unpaired) electrons. The summed E-state index contributed by atoms with van der Waals surface area (Å²) >= 11 is 0. The SMILES string of the molecule is C=CC(=O)OCC(COc1ccc(C)cc1)OC(=O)Cc1ccc(C)c(CC(=O)OC(COC(=O)C=C)COc2ccc(C)cc2)c1. The van der Waals surface area contributed by atoms with Crippen molar-refractivity contribution in [3.05, 3.63) is 120 Å². The van der Waals surface area contributed by atoms with Crippen molar-refractivity contribution in [3.8, 4) is 11.5 Å². The molecule has 0 aliphatic carbocycles. The van der Waals surface area contributed by atoms with E-state index in [2.05, 4.69) is 13.2 Å². The molecule has 0 amide bonds. The summed E-state index contributed by atoms with van der Waals surface area (Å²) in [4.78, 5) is 49.2. The third-order valence-electron chi connectivity index (χ3n) is 6.76. The van der Waals surface area contributed by atoms with Crippen LogP contribution in [0.5, 0.6) is 11.5 Å². The fourth-order valence-corrected chi connectivity index (χ4v) is 4.15. The summed E-state index contributed by atoms with van der Waals surface area (Å²) in [6.45, 7) is 12.0. The van der Waals surface area contributed by atoms with Crippen LogP contribution in [0, 0.1) is 20.8 Å². The van der Waals surface area contributed by atoms with E-state index < -0.39 is 36.1 Å². The average Bonchev–Trinajstić information content (AvgIpc) is 3.06. The first-order valence-electron chi connectivity index (χ1n) is 15.0. The van der Waals surface area contributed by atoms with Gasteiger partial charge in [-0.2, -0.15) is 0 Å². The van der Waals surface area contributed by atoms with E-state index in [0.29, 0.717) is 22.6 Å². The van der Waals surface area contributed by atoms with Crippen LogP contribution in [0.25, 0.3) is 0 Å². The Balaban J connectivity index is 1.61. The number of rotatable bonds is 18. The Morgan fingerprint density at radius 2 is 1.06 bits per heavy atom. The Morgan fingerprint density at radius 3 is 1.51 bits per heavy atom. The Morgan fingerprint density at radius 1 is 0.617 bits per heavy atom. The fourth-order valence-electron chi connectivity index (χ4n) is 4.15. The number of hydrogen-bond donors (Lipinski definition) is 0. The van der Waals surface area contributed by atoms with Gasteiger partial charge in [0.2, 0.25) is 0 Å². The van der Waals surface area contributed by atoms with Gasteiger partial charge in [0.15, 0.2) is 12.2 Å². The van der Waals surface area contributed by atoms with Crippen molar-refractivity contribution < 1.29 is 47.6 Å². The average molecular weight is 645 g/mol. The molecule has 3 aromatic carbocycles. The van der Waals surface area contributed by atoms with Crippen LogP contribution in [0.3, 0.4) is 0 Å². The summed E-state index contributed by atoms with van der Waals surface area (Å²) < 4.78 is 32.9. The van der Waals surface area contributed by atoms with E-state index >= 15 is 0 Å². The van der Waals surface area contributed by atoms with Gasteiger partial charge in [-0.1, -0.05) is 66.7 Å². The van der Waals surface area contributed by atoms with Gasteiger partial charge in [0, 0.05) is 12.2 Å². The molecule has 3 aromatic rings. The maximum atomic E-state index is 13.0. The molecule has 0 saturated carbocycles. The number of hydrogen-bond acceptors (Lipinski definition) is 10. The van der Waals surface area contributed by atoms with Gasteiger partial charge >= 0.3 is 23.9 Å². The quantitative estimate of drug-likeness (QED) is 0.105. The van der Waals surface area contributed by atoms with Crippen LogP contribution in [0.1, 0.15) is 27.8 Å². The van der Waals surface area contributed by atoms with Crippen molar-refractivity contribution in [2.24, 2.45) is 0 Å². The zero-order valence-corrected chi connectivity index (χ0v) is 26.9. The minimum atomic E-state index is -0.875. The minimum absolute atomic E-state index is 0.0406. The third-order valence-corrected chi connectivity index (χ3v) is 6.76. The van der Waals surface area contributed by atoms with Gasteiger partial charge in [0.1, 0.15) is 37.9 Å². The standard InChI is InChI=1S/C37H40O10/c1-6-34(38)44-23-32(21-42-30-14-8-25(3)9-15-30)46-36(40)19-28-13-12-27(5)29(18-28)20-37(41)47-33(24-45-35(39)7-2)22-43-31-16-10-26(4)11-17-31/h6-18,32-33H,1-2,19-24H2,3-5H3. The van der Waals surface area contributed by atoms with Crippen LogP contribution in [-0.2, 0) is 51.0 Å². The lowest BCUT2D eigenvalue weighted by Crippen LogP contribution is -2.31. The molecule has 0 spiro atoms. The number of esters is 4. The Hall–Kier alpha value is -5.38. The van der Waals surface area contributed by atoms with Crippen LogP contribution in [-0.4, -0.2) is 62.5 Å². The fraction of sp³-hybridized carbons (Fsp3) is 0.297. The highest BCUT2D eigenvalue weighted by Crippen LogP contribution is 2.17. The Kier molecular flexibility index (Phi) is 14.2. The summed E-state index contributed by atoms with van der Waals surface area (Å²) in [7, 11) is 0. The summed E-state index contributed by atoms with van der Waals surface area (Å²) in [5.74, 6) is -1.31. The number of carbonyl (C=O) groups is 4. The number of benzene rings is 3. The first-order valence-corrected chi connectivity index (χ1v) is 15.0. The second-order valence-corrected chi connectivity index (χ2v) is 10.8. The first-order chi connectivity index (χ1) is 22.5. The zero-order chi connectivity index (χ0) is 34.2. The normalized spacial score (nSPS) is 11.7. The predicted octanol–water partition coefficient (Wildman–Crippen LogP) is 5.14. The predicted molar refractivity (Wildman–Crippen MR) is 174 cm³/mol. The zero-order valence-electron chi connectivity index (χ0n) is 26.9. The Labute approximate surface area is 274 Å². The van der Waals surface area contributed by atoms with Crippen LogP contribution >= 0.6 is 0 Å². The maximum Gasteiger partial charge on any atom is 0.330 e. The van der Waals surface area contributed by atoms with Crippen molar-refractivity contribution >= 4 is 23.9 Å². The summed E-state index contributed by atoms with van der Waals surface area (Å²) in [6.07, 6.45) is 0.0828. The molecule has 0 N–H and O–H groups in total. The molecule has 10 heteroatoms. The highest BCUT2D eigenvalue weighted by Gasteiger charge is 2.21. The summed E-state index contributed by atoms with van der Waals surface area (Å²) in [5, 5.41) is 0. The van der Waals surface area contributed by atoms with Gasteiger partial charge in [0.25, 0.3) is 0 Å². The molecule has 0 aliphatic rings. The van der Waals surface area contributed by atoms with E-state index in [1.165, 1.54) is 0 Å². The van der Waals surface area contributed by atoms with Crippen molar-refractivity contribution in [1.82, 2.24) is 0 Å². The molecule has 2 unspecified atom stereocenters. The van der Waals surface area contributed by atoms with Gasteiger partial charge < -0.3 is 28.4 Å². The van der Waals surface area contributed by atoms with Crippen molar-refractivity contribution in [3.63, 3.8) is 0 Å². The molecule has 0 bridgehead atoms. The molecule has 0 aliphatic heterocycles. The summed E-state index contributed by atoms with van der Waals surface area (Å²) in [6, 6.07) is 20.0. The minimum Gasteiger partial charge on any atom is -0.490 e. The van der Waals surface area contributed by atoms with Crippen molar-refractivity contribution in [2.75, 3.05) is 26.4 Å². The highest BCUT2D eigenvalue weighted by molar-refractivity contribution is 5.81. The molecule has 3 rings (SSSR count). The van der Waals surface area contributed by atoms with Gasteiger partial charge in [0.05, 0.1) is 12.8 Å². The molecule has 47 heavy (non-hydrogen) atoms. The second kappa shape index (κ2) is 18.6. The molecule has 0 aromatic heterocycles. The number of carbonyl (C=O) groups excluding carboxylic acids is 4. The molecule has 10 nitrogen and oxygen atoms in total. The van der Waals surface area contributed by atoms with Crippen LogP contribution < -0.4 is 9.47 Å². The number of ether oxygens (including phenoxy) is 6. The monoisotopic (exact) mass is 644 g/mol. The van der Waals surface area contributed by atoms with E-state index in [-0.39, 0.29) is 39.3 Å². The second-order valence-electron chi connectivity index (χ2n) is 10.8. The van der Waals surface area contributed by atoms with E-state index in [9.17, 15) is 19.2 Å². The topological polar surface area (TPSA) is 124 Å². The summed E-state index contributed by atoms with van der Waals surface area (Å²) in [5.41, 5.74) is 4.17. The highest BCUT2D eigenvalue weighted by atomic mass is 16.6. The van der Waals surface area contributed by atoms with Crippen LogP contribution in [0.4, 0.5) is 0 Å². The lowest BCUT2D eigenvalue weighted by molar-refractivity contribution is -0.158. The maximum absolute atomic E-state index is 13.0. The van der Waals surface area contributed by atoms with Crippen LogP contribution in [0.2, 0.25) is 0 Å².